The van der Waals surface area contributed by atoms with E-state index >= 15 is 0 Å². The number of ketones is 1. The van der Waals surface area contributed by atoms with E-state index in [-0.39, 0.29) is 35.4 Å². The highest BCUT2D eigenvalue weighted by atomic mass is 16.3. The Kier molecular flexibility index (Phi) is 4.30. The van der Waals surface area contributed by atoms with Crippen LogP contribution in [0.2, 0.25) is 0 Å². The van der Waals surface area contributed by atoms with Crippen molar-refractivity contribution in [2.24, 2.45) is 10.7 Å². The minimum Gasteiger partial charge on any atom is -0.511 e. The number of amidine groups is 1. The van der Waals surface area contributed by atoms with Gasteiger partial charge in [0, 0.05) is 19.1 Å². The van der Waals surface area contributed by atoms with E-state index < -0.39 is 0 Å². The van der Waals surface area contributed by atoms with Crippen LogP contribution in [0.3, 0.4) is 0 Å². The summed E-state index contributed by atoms with van der Waals surface area (Å²) in [4.78, 5) is 16.0. The van der Waals surface area contributed by atoms with Crippen LogP contribution in [-0.2, 0) is 4.79 Å². The molecule has 0 saturated carbocycles. The Hall–Kier alpha value is -2.43. The second-order valence-electron chi connectivity index (χ2n) is 4.79. The Balaban J connectivity index is 2.15. The van der Waals surface area contributed by atoms with Crippen LogP contribution in [0.4, 0.5) is 0 Å². The third-order valence-electron chi connectivity index (χ3n) is 3.24. The van der Waals surface area contributed by atoms with E-state index in [9.17, 15) is 9.90 Å². The summed E-state index contributed by atoms with van der Waals surface area (Å²) < 4.78 is 0. The first-order valence-corrected chi connectivity index (χ1v) is 6.41. The number of aliphatic imine (C=N–C) groups is 1. The summed E-state index contributed by atoms with van der Waals surface area (Å²) in [5.74, 6) is -0.141. The highest BCUT2D eigenvalue weighted by molar-refractivity contribution is 6.14. The predicted molar refractivity (Wildman–Crippen MR) is 78.4 cm³/mol. The molecular weight excluding hydrogens is 254 g/mol. The molecule has 5 heteroatoms. The normalized spacial score (nSPS) is 19.6. The molecule has 1 aliphatic rings. The number of carbonyl (C=O) groups is 1. The number of nitrogens with two attached hydrogens (primary N) is 1. The van der Waals surface area contributed by atoms with Crippen molar-refractivity contribution in [3.63, 3.8) is 0 Å². The molecule has 1 unspecified atom stereocenters. The minimum atomic E-state index is -0.130. The molecule has 1 atom stereocenters. The maximum atomic E-state index is 12.1. The Morgan fingerprint density at radius 2 is 2.10 bits per heavy atom. The third kappa shape index (κ3) is 3.32. The lowest BCUT2D eigenvalue weighted by molar-refractivity contribution is -0.116. The Morgan fingerprint density at radius 3 is 2.70 bits per heavy atom. The molecule has 20 heavy (non-hydrogen) atoms. The maximum absolute atomic E-state index is 12.1. The quantitative estimate of drug-likeness (QED) is 0.576. The van der Waals surface area contributed by atoms with Crippen LogP contribution in [0, 0.1) is 5.41 Å². The average Bonchev–Trinajstić information content (AvgIpc) is 2.42. The molecule has 0 fully saturated rings. The van der Waals surface area contributed by atoms with Gasteiger partial charge in [0.2, 0.25) is 0 Å². The fraction of sp³-hybridized carbons (Fsp3) is 0.267. The fourth-order valence-corrected chi connectivity index (χ4v) is 2.25. The number of nitrogens with zero attached hydrogens (tertiary/aromatic N) is 1. The second-order valence-corrected chi connectivity index (χ2v) is 4.79. The zero-order valence-corrected chi connectivity index (χ0v) is 11.0. The molecule has 0 aliphatic heterocycles. The molecule has 0 amide bonds. The van der Waals surface area contributed by atoms with Crippen molar-refractivity contribution in [1.82, 2.24) is 0 Å². The molecule has 1 aromatic carbocycles. The summed E-state index contributed by atoms with van der Waals surface area (Å²) >= 11 is 0. The SMILES string of the molecule is N=C(N)CN=CC1=C(O)CC(c2ccccc2)CC1=O. The van der Waals surface area contributed by atoms with Gasteiger partial charge in [0.05, 0.1) is 12.1 Å². The van der Waals surface area contributed by atoms with E-state index in [1.165, 1.54) is 6.21 Å². The van der Waals surface area contributed by atoms with Crippen molar-refractivity contribution in [2.75, 3.05) is 6.54 Å². The van der Waals surface area contributed by atoms with Crippen LogP contribution in [0.25, 0.3) is 0 Å². The van der Waals surface area contributed by atoms with Crippen LogP contribution >= 0.6 is 0 Å². The summed E-state index contributed by atoms with van der Waals surface area (Å²) in [5, 5.41) is 17.1. The molecule has 0 heterocycles. The van der Waals surface area contributed by atoms with Crippen LogP contribution in [0.15, 0.2) is 46.7 Å². The largest absolute Gasteiger partial charge is 0.511 e. The number of aliphatic hydroxyl groups excluding tert-OH is 1. The smallest absolute Gasteiger partial charge is 0.168 e. The van der Waals surface area contributed by atoms with Gasteiger partial charge in [-0.1, -0.05) is 30.3 Å². The number of benzene rings is 1. The molecule has 0 radical (unpaired) electrons. The molecule has 104 valence electrons. The summed E-state index contributed by atoms with van der Waals surface area (Å²) in [5.41, 5.74) is 6.46. The summed E-state index contributed by atoms with van der Waals surface area (Å²) in [6.07, 6.45) is 2.10. The lowest BCUT2D eigenvalue weighted by atomic mass is 9.83. The standard InChI is InChI=1S/C15H17N3O2/c16-15(17)9-18-8-12-13(19)6-11(7-14(12)20)10-4-2-1-3-5-10/h1-5,8,11,19H,6-7,9H2,(H3,16,17). The van der Waals surface area contributed by atoms with Crippen molar-refractivity contribution in [1.29, 1.82) is 5.41 Å². The number of rotatable bonds is 4. The number of carbonyl (C=O) groups excluding carboxylic acids is 1. The third-order valence-corrected chi connectivity index (χ3v) is 3.24. The summed E-state index contributed by atoms with van der Waals surface area (Å²) in [6, 6.07) is 9.68. The first kappa shape index (κ1) is 14.0. The topological polar surface area (TPSA) is 99.5 Å². The summed E-state index contributed by atoms with van der Waals surface area (Å²) in [7, 11) is 0. The van der Waals surface area contributed by atoms with Crippen LogP contribution in [0.5, 0.6) is 0 Å². The second kappa shape index (κ2) is 6.14. The monoisotopic (exact) mass is 271 g/mol. The molecule has 0 saturated heterocycles. The first-order valence-electron chi connectivity index (χ1n) is 6.41. The summed E-state index contributed by atoms with van der Waals surface area (Å²) in [6.45, 7) is 0.0339. The highest BCUT2D eigenvalue weighted by Crippen LogP contribution is 2.32. The van der Waals surface area contributed by atoms with E-state index in [1.54, 1.807) is 0 Å². The highest BCUT2D eigenvalue weighted by Gasteiger charge is 2.27. The van der Waals surface area contributed by atoms with Crippen molar-refractivity contribution >= 4 is 17.8 Å². The van der Waals surface area contributed by atoms with E-state index in [4.69, 9.17) is 11.1 Å². The average molecular weight is 271 g/mol. The number of Topliss-reactive ketones (excluding diaryl/α,β-unsaturated/α-hetero) is 1. The van der Waals surface area contributed by atoms with Gasteiger partial charge in [0.1, 0.15) is 11.6 Å². The van der Waals surface area contributed by atoms with Gasteiger partial charge in [0.15, 0.2) is 5.78 Å². The zero-order chi connectivity index (χ0) is 14.5. The Bertz CT molecular complexity index is 576. The van der Waals surface area contributed by atoms with E-state index in [2.05, 4.69) is 4.99 Å². The lowest BCUT2D eigenvalue weighted by Gasteiger charge is -2.22. The maximum Gasteiger partial charge on any atom is 0.168 e. The van der Waals surface area contributed by atoms with Crippen molar-refractivity contribution in [3.05, 3.63) is 47.2 Å². The Morgan fingerprint density at radius 1 is 1.40 bits per heavy atom. The van der Waals surface area contributed by atoms with E-state index in [0.29, 0.717) is 12.8 Å². The first-order chi connectivity index (χ1) is 9.58. The van der Waals surface area contributed by atoms with Gasteiger partial charge in [-0.25, -0.2) is 0 Å². The van der Waals surface area contributed by atoms with Crippen molar-refractivity contribution in [3.8, 4) is 0 Å². The number of aliphatic hydroxyl groups is 1. The molecular formula is C15H17N3O2. The number of hydrogen-bond acceptors (Lipinski definition) is 4. The molecule has 0 bridgehead atoms. The number of hydrogen-bond donors (Lipinski definition) is 3. The fourth-order valence-electron chi connectivity index (χ4n) is 2.25. The molecule has 2 rings (SSSR count). The van der Waals surface area contributed by atoms with Gasteiger partial charge in [-0.2, -0.15) is 0 Å². The zero-order valence-electron chi connectivity index (χ0n) is 11.0. The van der Waals surface area contributed by atoms with Gasteiger partial charge < -0.3 is 10.8 Å². The Labute approximate surface area is 117 Å². The van der Waals surface area contributed by atoms with Crippen LogP contribution in [-0.4, -0.2) is 29.5 Å². The number of nitrogens with one attached hydrogen (secondary N) is 1. The van der Waals surface area contributed by atoms with Gasteiger partial charge in [-0.05, 0) is 11.5 Å². The number of allylic oxidation sites excluding steroid dienone is 2. The lowest BCUT2D eigenvalue weighted by Crippen LogP contribution is -2.20. The molecule has 1 aromatic rings. The molecule has 0 aromatic heterocycles. The van der Waals surface area contributed by atoms with Gasteiger partial charge in [-0.15, -0.1) is 0 Å². The molecule has 4 N–H and O–H groups in total. The van der Waals surface area contributed by atoms with Crippen LogP contribution < -0.4 is 5.73 Å². The molecule has 5 nitrogen and oxygen atoms in total. The van der Waals surface area contributed by atoms with E-state index in [1.807, 2.05) is 30.3 Å². The van der Waals surface area contributed by atoms with Crippen molar-refractivity contribution < 1.29 is 9.90 Å². The molecule has 0 spiro atoms. The van der Waals surface area contributed by atoms with Crippen LogP contribution in [0.1, 0.15) is 24.3 Å². The van der Waals surface area contributed by atoms with Gasteiger partial charge in [0.25, 0.3) is 0 Å². The minimum absolute atomic E-state index is 0.00802. The van der Waals surface area contributed by atoms with E-state index in [0.717, 1.165) is 5.56 Å². The van der Waals surface area contributed by atoms with Gasteiger partial charge in [-0.3, -0.25) is 15.2 Å². The molecule has 1 aliphatic carbocycles. The van der Waals surface area contributed by atoms with Gasteiger partial charge >= 0.3 is 0 Å². The predicted octanol–water partition coefficient (Wildman–Crippen LogP) is 1.95. The van der Waals surface area contributed by atoms with Crippen molar-refractivity contribution in [2.45, 2.75) is 18.8 Å².